The maximum Gasteiger partial charge on any atom is 0.339 e. The normalized spacial score (nSPS) is 11.7. The first-order valence-corrected chi connectivity index (χ1v) is 11.5. The fraction of sp³-hybridized carbons (Fsp3) is 0.304. The molecule has 0 unspecified atom stereocenters. The summed E-state index contributed by atoms with van der Waals surface area (Å²) in [5.74, 6) is 0.378. The third-order valence-corrected chi connectivity index (χ3v) is 7.12. The van der Waals surface area contributed by atoms with Gasteiger partial charge in [0.15, 0.2) is 0 Å². The van der Waals surface area contributed by atoms with Crippen LogP contribution in [-0.4, -0.2) is 39.8 Å². The molecule has 0 radical (unpaired) electrons. The monoisotopic (exact) mass is 458 g/mol. The largest absolute Gasteiger partial charge is 0.497 e. The second kappa shape index (κ2) is 9.54. The van der Waals surface area contributed by atoms with Gasteiger partial charge >= 0.3 is 5.63 Å². The molecule has 170 valence electrons. The standard InChI is InChI=1S/C23H26N2O6S/c1-15-19-10-7-17(30-4)13-21(19)31-23(27)20(15)11-12-22(26)24-14-16-5-8-18(9-6-16)32(28,29)25(2)3/h5-10,13H,11-12,14H2,1-4H3,(H,24,26). The van der Waals surface area contributed by atoms with Gasteiger partial charge in [0.05, 0.1) is 12.0 Å². The Balaban J connectivity index is 1.63. The molecule has 3 rings (SSSR count). The van der Waals surface area contributed by atoms with E-state index in [1.54, 1.807) is 31.4 Å². The van der Waals surface area contributed by atoms with Crippen LogP contribution in [0.25, 0.3) is 11.0 Å². The lowest BCUT2D eigenvalue weighted by molar-refractivity contribution is -0.121. The number of hydrogen-bond acceptors (Lipinski definition) is 6. The van der Waals surface area contributed by atoms with E-state index in [1.807, 2.05) is 13.0 Å². The van der Waals surface area contributed by atoms with E-state index in [1.165, 1.54) is 26.2 Å². The van der Waals surface area contributed by atoms with E-state index in [0.29, 0.717) is 16.9 Å². The van der Waals surface area contributed by atoms with Gasteiger partial charge in [0.2, 0.25) is 15.9 Å². The average Bonchev–Trinajstić information content (AvgIpc) is 2.77. The van der Waals surface area contributed by atoms with Crippen molar-refractivity contribution in [1.29, 1.82) is 0 Å². The summed E-state index contributed by atoms with van der Waals surface area (Å²) >= 11 is 0. The van der Waals surface area contributed by atoms with Crippen LogP contribution in [0.15, 0.2) is 56.6 Å². The Morgan fingerprint density at radius 3 is 2.44 bits per heavy atom. The molecule has 9 heteroatoms. The smallest absolute Gasteiger partial charge is 0.339 e. The quantitative estimate of drug-likeness (QED) is 0.520. The van der Waals surface area contributed by atoms with Crippen LogP contribution in [-0.2, 0) is 27.8 Å². The Labute approximate surface area is 186 Å². The van der Waals surface area contributed by atoms with E-state index >= 15 is 0 Å². The third-order valence-electron chi connectivity index (χ3n) is 5.29. The number of rotatable bonds is 8. The first-order chi connectivity index (χ1) is 15.1. The molecule has 0 saturated carbocycles. The fourth-order valence-electron chi connectivity index (χ4n) is 3.31. The van der Waals surface area contributed by atoms with E-state index in [0.717, 1.165) is 20.8 Å². The summed E-state index contributed by atoms with van der Waals surface area (Å²) in [7, 11) is 0.990. The summed E-state index contributed by atoms with van der Waals surface area (Å²) in [5, 5.41) is 3.59. The molecule has 0 aliphatic heterocycles. The van der Waals surface area contributed by atoms with Crippen molar-refractivity contribution in [2.75, 3.05) is 21.2 Å². The minimum atomic E-state index is -3.49. The number of fused-ring (bicyclic) bond motifs is 1. The molecular formula is C23H26N2O6S. The van der Waals surface area contributed by atoms with Crippen molar-refractivity contribution in [3.63, 3.8) is 0 Å². The van der Waals surface area contributed by atoms with E-state index in [-0.39, 0.29) is 30.2 Å². The van der Waals surface area contributed by atoms with Crippen LogP contribution in [0.4, 0.5) is 0 Å². The van der Waals surface area contributed by atoms with Crippen LogP contribution in [0.3, 0.4) is 0 Å². The van der Waals surface area contributed by atoms with Gasteiger partial charge in [-0.1, -0.05) is 12.1 Å². The molecular weight excluding hydrogens is 432 g/mol. The molecule has 0 bridgehead atoms. The molecule has 0 aliphatic carbocycles. The number of carbonyl (C=O) groups excluding carboxylic acids is 1. The Bertz CT molecular complexity index is 1290. The lowest BCUT2D eigenvalue weighted by Gasteiger charge is -2.12. The minimum absolute atomic E-state index is 0.125. The van der Waals surface area contributed by atoms with Crippen LogP contribution >= 0.6 is 0 Å². The van der Waals surface area contributed by atoms with Gasteiger partial charge < -0.3 is 14.5 Å². The first kappa shape index (κ1) is 23.5. The lowest BCUT2D eigenvalue weighted by Crippen LogP contribution is -2.24. The van der Waals surface area contributed by atoms with E-state index in [9.17, 15) is 18.0 Å². The van der Waals surface area contributed by atoms with Crippen LogP contribution in [0.5, 0.6) is 5.75 Å². The predicted octanol–water partition coefficient (Wildman–Crippen LogP) is 2.61. The molecule has 1 N–H and O–H groups in total. The van der Waals surface area contributed by atoms with Gasteiger partial charge in [-0.2, -0.15) is 0 Å². The van der Waals surface area contributed by atoms with Gasteiger partial charge in [-0.25, -0.2) is 17.5 Å². The highest BCUT2D eigenvalue weighted by molar-refractivity contribution is 7.89. The highest BCUT2D eigenvalue weighted by atomic mass is 32.2. The lowest BCUT2D eigenvalue weighted by atomic mass is 10.0. The van der Waals surface area contributed by atoms with Crippen molar-refractivity contribution in [1.82, 2.24) is 9.62 Å². The fourth-order valence-corrected chi connectivity index (χ4v) is 4.21. The molecule has 1 heterocycles. The summed E-state index contributed by atoms with van der Waals surface area (Å²) in [6.45, 7) is 2.09. The number of methoxy groups -OCH3 is 1. The Hall–Kier alpha value is -3.17. The molecule has 8 nitrogen and oxygen atoms in total. The van der Waals surface area contributed by atoms with E-state index < -0.39 is 15.6 Å². The SMILES string of the molecule is COc1ccc2c(C)c(CCC(=O)NCc3ccc(S(=O)(=O)N(C)C)cc3)c(=O)oc2c1. The van der Waals surface area contributed by atoms with Gasteiger partial charge in [-0.05, 0) is 48.7 Å². The van der Waals surface area contributed by atoms with E-state index in [4.69, 9.17) is 9.15 Å². The summed E-state index contributed by atoms with van der Waals surface area (Å²) in [6, 6.07) is 11.6. The van der Waals surface area contributed by atoms with Crippen molar-refractivity contribution >= 4 is 26.9 Å². The van der Waals surface area contributed by atoms with Crippen molar-refractivity contribution in [2.24, 2.45) is 0 Å². The van der Waals surface area contributed by atoms with Crippen LogP contribution in [0.2, 0.25) is 0 Å². The Morgan fingerprint density at radius 1 is 1.12 bits per heavy atom. The minimum Gasteiger partial charge on any atom is -0.497 e. The zero-order valence-electron chi connectivity index (χ0n) is 18.5. The molecule has 0 fully saturated rings. The topological polar surface area (TPSA) is 106 Å². The number of amides is 1. The number of hydrogen-bond donors (Lipinski definition) is 1. The zero-order chi connectivity index (χ0) is 23.5. The zero-order valence-corrected chi connectivity index (χ0v) is 19.3. The van der Waals surface area contributed by atoms with E-state index in [2.05, 4.69) is 5.32 Å². The average molecular weight is 459 g/mol. The first-order valence-electron chi connectivity index (χ1n) is 10.0. The molecule has 0 spiro atoms. The number of nitrogens with one attached hydrogen (secondary N) is 1. The number of nitrogens with zero attached hydrogens (tertiary/aromatic N) is 1. The number of benzene rings is 2. The Morgan fingerprint density at radius 2 is 1.81 bits per heavy atom. The van der Waals surface area contributed by atoms with Gasteiger partial charge in [-0.15, -0.1) is 0 Å². The third kappa shape index (κ3) is 5.00. The molecule has 0 atom stereocenters. The Kier molecular flexibility index (Phi) is 7.00. The van der Waals surface area contributed by atoms with Gasteiger partial charge in [0.1, 0.15) is 11.3 Å². The molecule has 1 aromatic heterocycles. The van der Waals surface area contributed by atoms with Crippen LogP contribution < -0.4 is 15.7 Å². The summed E-state index contributed by atoms with van der Waals surface area (Å²) in [6.07, 6.45) is 0.377. The summed E-state index contributed by atoms with van der Waals surface area (Å²) in [4.78, 5) is 24.9. The van der Waals surface area contributed by atoms with Crippen molar-refractivity contribution in [3.05, 3.63) is 69.6 Å². The molecule has 3 aromatic rings. The van der Waals surface area contributed by atoms with Crippen LogP contribution in [0.1, 0.15) is 23.1 Å². The van der Waals surface area contributed by atoms with Gasteiger partial charge in [0.25, 0.3) is 0 Å². The summed E-state index contributed by atoms with van der Waals surface area (Å²) < 4.78 is 35.9. The molecule has 0 saturated heterocycles. The number of ether oxygens (including phenoxy) is 1. The molecule has 32 heavy (non-hydrogen) atoms. The second-order valence-corrected chi connectivity index (χ2v) is 9.72. The highest BCUT2D eigenvalue weighted by Crippen LogP contribution is 2.24. The predicted molar refractivity (Wildman–Crippen MR) is 121 cm³/mol. The molecule has 2 aromatic carbocycles. The maximum atomic E-state index is 12.4. The number of sulfonamides is 1. The molecule has 1 amide bonds. The van der Waals surface area contributed by atoms with Crippen LogP contribution in [0, 0.1) is 6.92 Å². The summed E-state index contributed by atoms with van der Waals surface area (Å²) in [5.41, 5.74) is 2.00. The second-order valence-electron chi connectivity index (χ2n) is 7.56. The van der Waals surface area contributed by atoms with Crippen molar-refractivity contribution in [2.45, 2.75) is 31.2 Å². The highest BCUT2D eigenvalue weighted by Gasteiger charge is 2.17. The van der Waals surface area contributed by atoms with Crippen molar-refractivity contribution < 1.29 is 22.4 Å². The number of aryl methyl sites for hydroxylation is 1. The maximum absolute atomic E-state index is 12.4. The van der Waals surface area contributed by atoms with Crippen molar-refractivity contribution in [3.8, 4) is 5.75 Å². The van der Waals surface area contributed by atoms with Gasteiger partial charge in [-0.3, -0.25) is 4.79 Å². The molecule has 0 aliphatic rings. The number of carbonyl (C=O) groups is 1. The van der Waals surface area contributed by atoms with Gasteiger partial charge in [0, 0.05) is 44.1 Å².